The van der Waals surface area contributed by atoms with E-state index in [0.717, 1.165) is 57.2 Å². The normalized spacial score (nSPS) is 11.9. The maximum absolute atomic E-state index is 10.5. The molecule has 0 fully saturated rings. The van der Waals surface area contributed by atoms with Gasteiger partial charge in [-0.3, -0.25) is 0 Å². The summed E-state index contributed by atoms with van der Waals surface area (Å²) in [7, 11) is 4.08. The number of aromatic hydroxyl groups is 2. The van der Waals surface area contributed by atoms with E-state index < -0.39 is 0 Å². The largest absolute Gasteiger partial charge is 0.507 e. The lowest BCUT2D eigenvalue weighted by Gasteiger charge is -2.12. The molecule has 28 heavy (non-hydrogen) atoms. The Balaban J connectivity index is 1.98. The maximum atomic E-state index is 10.5. The first kappa shape index (κ1) is 18.4. The third-order valence-electron chi connectivity index (χ3n) is 5.29. The van der Waals surface area contributed by atoms with Crippen LogP contribution in [-0.4, -0.2) is 52.3 Å². The zero-order valence-electron chi connectivity index (χ0n) is 16.2. The molecule has 4 rings (SSSR count). The van der Waals surface area contributed by atoms with Gasteiger partial charge in [-0.05, 0) is 68.9 Å². The Hall–Kier alpha value is -2.96. The molecule has 0 aliphatic heterocycles. The molecule has 0 amide bonds. The number of aromatic amines is 2. The number of fused-ring (bicyclic) bond motifs is 2. The number of H-pyrrole nitrogens is 2. The van der Waals surface area contributed by atoms with E-state index in [-0.39, 0.29) is 11.5 Å². The fourth-order valence-electron chi connectivity index (χ4n) is 3.97. The van der Waals surface area contributed by atoms with Crippen LogP contribution in [0.1, 0.15) is 11.1 Å². The molecule has 0 atom stereocenters. The van der Waals surface area contributed by atoms with E-state index in [1.54, 1.807) is 12.1 Å². The highest BCUT2D eigenvalue weighted by molar-refractivity contribution is 6.03. The monoisotopic (exact) mass is 378 g/mol. The lowest BCUT2D eigenvalue weighted by molar-refractivity contribution is 0.414. The third-order valence-corrected chi connectivity index (χ3v) is 5.29. The topological polar surface area (TPSA) is 101 Å². The van der Waals surface area contributed by atoms with E-state index in [4.69, 9.17) is 5.73 Å². The van der Waals surface area contributed by atoms with Crippen LogP contribution in [0, 0.1) is 0 Å². The molecule has 0 spiro atoms. The van der Waals surface area contributed by atoms with Crippen LogP contribution in [0.5, 0.6) is 11.5 Å². The number of nitrogens with two attached hydrogens (primary N) is 1. The highest BCUT2D eigenvalue weighted by Crippen LogP contribution is 2.40. The average molecular weight is 378 g/mol. The van der Waals surface area contributed by atoms with Crippen LogP contribution in [0.4, 0.5) is 0 Å². The minimum absolute atomic E-state index is 0.247. The van der Waals surface area contributed by atoms with Gasteiger partial charge in [-0.25, -0.2) is 0 Å². The molecule has 6 N–H and O–H groups in total. The van der Waals surface area contributed by atoms with Crippen LogP contribution in [0.3, 0.4) is 0 Å². The highest BCUT2D eigenvalue weighted by Gasteiger charge is 2.20. The Labute approximate surface area is 163 Å². The number of phenols is 2. The number of hydrogen-bond donors (Lipinski definition) is 5. The summed E-state index contributed by atoms with van der Waals surface area (Å²) in [5.74, 6) is 0.524. The fourth-order valence-corrected chi connectivity index (χ4v) is 3.97. The first-order chi connectivity index (χ1) is 13.5. The summed E-state index contributed by atoms with van der Waals surface area (Å²) < 4.78 is 0. The second-order valence-electron chi connectivity index (χ2n) is 7.47. The van der Waals surface area contributed by atoms with Gasteiger partial charge >= 0.3 is 0 Å². The minimum Gasteiger partial charge on any atom is -0.507 e. The van der Waals surface area contributed by atoms with Gasteiger partial charge < -0.3 is 30.8 Å². The van der Waals surface area contributed by atoms with Gasteiger partial charge in [0.15, 0.2) is 0 Å². The third kappa shape index (κ3) is 3.00. The van der Waals surface area contributed by atoms with Gasteiger partial charge in [-0.1, -0.05) is 6.07 Å². The van der Waals surface area contributed by atoms with Gasteiger partial charge in [0.1, 0.15) is 11.5 Å². The van der Waals surface area contributed by atoms with Gasteiger partial charge in [0.2, 0.25) is 0 Å². The van der Waals surface area contributed by atoms with Crippen molar-refractivity contribution in [3.05, 3.63) is 47.7 Å². The van der Waals surface area contributed by atoms with Crippen molar-refractivity contribution in [3.63, 3.8) is 0 Å². The number of nitrogens with one attached hydrogen (secondary N) is 2. The number of aromatic nitrogens is 2. The van der Waals surface area contributed by atoms with Crippen LogP contribution < -0.4 is 5.73 Å². The number of benzene rings is 2. The van der Waals surface area contributed by atoms with Crippen molar-refractivity contribution >= 4 is 21.8 Å². The standard InChI is InChI=1S/C22H26N4O2/c1-26(2)11-9-14-20-16(4-3-5-17(20)27)25-21(14)15-6-7-18(28)19-13(8-10-23)12-24-22(15)19/h3-7,12,24-25,27-28H,8-11,23H2,1-2H3. The van der Waals surface area contributed by atoms with Gasteiger partial charge in [0.25, 0.3) is 0 Å². The molecule has 0 saturated heterocycles. The zero-order chi connectivity index (χ0) is 19.8. The van der Waals surface area contributed by atoms with E-state index >= 15 is 0 Å². The van der Waals surface area contributed by atoms with Crippen molar-refractivity contribution < 1.29 is 10.2 Å². The van der Waals surface area contributed by atoms with Crippen LogP contribution in [0.2, 0.25) is 0 Å². The van der Waals surface area contributed by atoms with Gasteiger partial charge in [0.05, 0.1) is 11.2 Å². The number of hydrogen-bond acceptors (Lipinski definition) is 4. The summed E-state index contributed by atoms with van der Waals surface area (Å²) in [5.41, 5.74) is 11.5. The quantitative estimate of drug-likeness (QED) is 0.355. The molecule has 0 radical (unpaired) electrons. The predicted octanol–water partition coefficient (Wildman–Crippen LogP) is 3.33. The summed E-state index contributed by atoms with van der Waals surface area (Å²) in [4.78, 5) is 8.94. The lowest BCUT2D eigenvalue weighted by atomic mass is 9.99. The van der Waals surface area contributed by atoms with Crippen molar-refractivity contribution in [3.8, 4) is 22.8 Å². The molecule has 0 aliphatic rings. The highest BCUT2D eigenvalue weighted by atomic mass is 16.3. The van der Waals surface area contributed by atoms with Crippen LogP contribution in [-0.2, 0) is 12.8 Å². The molecule has 146 valence electrons. The van der Waals surface area contributed by atoms with Crippen molar-refractivity contribution in [2.75, 3.05) is 27.2 Å². The van der Waals surface area contributed by atoms with Crippen LogP contribution in [0.25, 0.3) is 33.1 Å². The minimum atomic E-state index is 0.247. The Bertz CT molecular complexity index is 1140. The summed E-state index contributed by atoms with van der Waals surface area (Å²) in [6, 6.07) is 9.19. The van der Waals surface area contributed by atoms with Crippen molar-refractivity contribution in [2.45, 2.75) is 12.8 Å². The zero-order valence-corrected chi connectivity index (χ0v) is 16.2. The molecule has 6 nitrogen and oxygen atoms in total. The Morgan fingerprint density at radius 3 is 2.54 bits per heavy atom. The molecule has 2 heterocycles. The number of phenolic OH excluding ortho intramolecular Hbond substituents is 2. The van der Waals surface area contributed by atoms with E-state index in [0.29, 0.717) is 13.0 Å². The van der Waals surface area contributed by atoms with Crippen LogP contribution >= 0.6 is 0 Å². The Morgan fingerprint density at radius 2 is 1.79 bits per heavy atom. The summed E-state index contributed by atoms with van der Waals surface area (Å²) >= 11 is 0. The first-order valence-electron chi connectivity index (χ1n) is 9.51. The number of nitrogens with zero attached hydrogens (tertiary/aromatic N) is 1. The number of rotatable bonds is 6. The maximum Gasteiger partial charge on any atom is 0.125 e. The van der Waals surface area contributed by atoms with Crippen molar-refractivity contribution in [1.82, 2.24) is 14.9 Å². The number of likely N-dealkylation sites (N-methyl/N-ethyl adjacent to an activating group) is 1. The molecule has 0 bridgehead atoms. The van der Waals surface area contributed by atoms with Gasteiger partial charge in [0, 0.05) is 34.6 Å². The molecular formula is C22H26N4O2. The van der Waals surface area contributed by atoms with E-state index in [1.165, 1.54) is 0 Å². The second kappa shape index (κ2) is 7.22. The Kier molecular flexibility index (Phi) is 4.75. The van der Waals surface area contributed by atoms with E-state index in [2.05, 4.69) is 14.9 Å². The van der Waals surface area contributed by atoms with Crippen molar-refractivity contribution in [1.29, 1.82) is 0 Å². The second-order valence-corrected chi connectivity index (χ2v) is 7.47. The smallest absolute Gasteiger partial charge is 0.125 e. The molecule has 4 aromatic rings. The lowest BCUT2D eigenvalue weighted by Crippen LogP contribution is -2.15. The van der Waals surface area contributed by atoms with Gasteiger partial charge in [-0.15, -0.1) is 0 Å². The van der Waals surface area contributed by atoms with Gasteiger partial charge in [-0.2, -0.15) is 0 Å². The fraction of sp³-hybridized carbons (Fsp3) is 0.273. The molecule has 0 aliphatic carbocycles. The van der Waals surface area contributed by atoms with Crippen molar-refractivity contribution in [2.24, 2.45) is 5.73 Å². The summed E-state index contributed by atoms with van der Waals surface area (Å²) in [6.45, 7) is 1.38. The van der Waals surface area contributed by atoms with E-state index in [9.17, 15) is 10.2 Å². The molecule has 2 aromatic carbocycles. The predicted molar refractivity (Wildman–Crippen MR) is 114 cm³/mol. The summed E-state index contributed by atoms with van der Waals surface area (Å²) in [6.07, 6.45) is 3.40. The molecule has 0 unspecified atom stereocenters. The average Bonchev–Trinajstić information content (AvgIpc) is 3.24. The molecule has 6 heteroatoms. The first-order valence-corrected chi connectivity index (χ1v) is 9.51. The molecular weight excluding hydrogens is 352 g/mol. The van der Waals surface area contributed by atoms with E-state index in [1.807, 2.05) is 38.5 Å². The van der Waals surface area contributed by atoms with Crippen LogP contribution in [0.15, 0.2) is 36.5 Å². The summed E-state index contributed by atoms with van der Waals surface area (Å²) in [5, 5.41) is 22.6. The molecule has 0 saturated carbocycles. The SMILES string of the molecule is CN(C)CCc1c(-c2ccc(O)c3c(CCN)c[nH]c23)[nH]c2cccc(O)c12. The Morgan fingerprint density at radius 1 is 1.00 bits per heavy atom. The molecule has 2 aromatic heterocycles.